The molecule has 0 radical (unpaired) electrons. The molecule has 1 saturated carbocycles. The van der Waals surface area contributed by atoms with Gasteiger partial charge in [-0.25, -0.2) is 9.50 Å². The second-order valence-corrected chi connectivity index (χ2v) is 14.4. The molecule has 1 aliphatic heterocycles. The molecule has 0 atom stereocenters. The molecule has 4 aromatic heterocycles. The van der Waals surface area contributed by atoms with E-state index in [1.165, 1.54) is 32.6 Å². The van der Waals surface area contributed by atoms with Gasteiger partial charge in [0.05, 0.1) is 29.9 Å². The van der Waals surface area contributed by atoms with Crippen molar-refractivity contribution >= 4 is 23.2 Å². The van der Waals surface area contributed by atoms with E-state index in [4.69, 9.17) is 4.74 Å². The number of rotatable bonds is 15. The number of amides is 1. The Balaban J connectivity index is 1.07. The van der Waals surface area contributed by atoms with Crippen LogP contribution in [0.5, 0.6) is 11.5 Å². The first-order valence-corrected chi connectivity index (χ1v) is 17.2. The fourth-order valence-electron chi connectivity index (χ4n) is 6.30. The number of likely N-dealkylation sites (tertiary alicyclic amines) is 1. The summed E-state index contributed by atoms with van der Waals surface area (Å²) in [4.78, 5) is 33.8. The van der Waals surface area contributed by atoms with Crippen LogP contribution in [0.1, 0.15) is 68.7 Å². The summed E-state index contributed by atoms with van der Waals surface area (Å²) in [6, 6.07) is 4.75. The summed E-state index contributed by atoms with van der Waals surface area (Å²) in [6.45, 7) is 1.30. The van der Waals surface area contributed by atoms with Crippen molar-refractivity contribution in [3.05, 3.63) is 60.4 Å². The number of benzene rings is 1. The molecule has 1 aliphatic carbocycles. The summed E-state index contributed by atoms with van der Waals surface area (Å²) in [5.41, 5.74) is -0.395. The van der Waals surface area contributed by atoms with Crippen LogP contribution in [0.2, 0.25) is 0 Å². The SMILES string of the molecule is CC(C)(C)OC(=O)CC1(CCN2CC(n3nnc(Cn4cc(NC(=O)c5cnn6cccnc56)c(-c5cc(OC(F)F)ccc5OC(F)F)n4)n3)C2)CC1. The van der Waals surface area contributed by atoms with E-state index in [0.29, 0.717) is 19.5 Å². The Bertz CT molecular complexity index is 2140. The fraction of sp³-hybridized carbons (Fsp3) is 0.471. The van der Waals surface area contributed by atoms with E-state index in [2.05, 4.69) is 50.3 Å². The Morgan fingerprint density at radius 1 is 1.07 bits per heavy atom. The molecule has 2 fully saturated rings. The first-order chi connectivity index (χ1) is 25.7. The van der Waals surface area contributed by atoms with Crippen LogP contribution in [-0.4, -0.2) is 99.8 Å². The van der Waals surface area contributed by atoms with Gasteiger partial charge in [-0.15, -0.1) is 10.2 Å². The Morgan fingerprint density at radius 2 is 1.85 bits per heavy atom. The van der Waals surface area contributed by atoms with Crippen molar-refractivity contribution in [1.82, 2.24) is 49.5 Å². The highest BCUT2D eigenvalue weighted by Crippen LogP contribution is 2.52. The number of carbonyl (C=O) groups is 2. The molecule has 5 aromatic rings. The Morgan fingerprint density at radius 3 is 2.57 bits per heavy atom. The molecule has 2 aliphatic rings. The smallest absolute Gasteiger partial charge is 0.387 e. The molecule has 286 valence electrons. The van der Waals surface area contributed by atoms with Gasteiger partial charge in [-0.1, -0.05) is 0 Å². The van der Waals surface area contributed by atoms with Gasteiger partial charge >= 0.3 is 19.2 Å². The largest absolute Gasteiger partial charge is 0.460 e. The highest BCUT2D eigenvalue weighted by molar-refractivity contribution is 6.09. The van der Waals surface area contributed by atoms with Crippen molar-refractivity contribution in [3.8, 4) is 22.8 Å². The van der Waals surface area contributed by atoms with E-state index in [-0.39, 0.29) is 63.7 Å². The standard InChI is InChI=1S/C34H37F4N11O5/c1-33(2,3)54-27(50)14-34(7-8-34)9-12-46-16-20(17-46)49-43-26(42-45-49)19-47-18-24(41-30(51)23-15-40-48-11-4-10-39-29(23)48)28(44-47)22-13-21(52-31(35)36)5-6-25(22)53-32(37)38/h4-6,10-11,13,15,18,20,31-32H,7-9,12,14,16-17,19H2,1-3H3,(H,41,51). The zero-order valence-electron chi connectivity index (χ0n) is 29.5. The summed E-state index contributed by atoms with van der Waals surface area (Å²) < 4.78 is 70.6. The summed E-state index contributed by atoms with van der Waals surface area (Å²) in [7, 11) is 0. The average Bonchev–Trinajstić information content (AvgIpc) is 3.37. The summed E-state index contributed by atoms with van der Waals surface area (Å²) >= 11 is 0. The molecule has 16 nitrogen and oxygen atoms in total. The monoisotopic (exact) mass is 755 g/mol. The van der Waals surface area contributed by atoms with Crippen LogP contribution < -0.4 is 14.8 Å². The number of nitrogens with one attached hydrogen (secondary N) is 1. The van der Waals surface area contributed by atoms with Gasteiger partial charge in [-0.3, -0.25) is 19.2 Å². The minimum atomic E-state index is -3.26. The van der Waals surface area contributed by atoms with Gasteiger partial charge in [0.2, 0.25) is 0 Å². The lowest BCUT2D eigenvalue weighted by atomic mass is 9.96. The van der Waals surface area contributed by atoms with Crippen LogP contribution in [0.3, 0.4) is 0 Å². The number of nitrogens with zero attached hydrogens (tertiary/aromatic N) is 10. The number of tetrazole rings is 1. The summed E-state index contributed by atoms with van der Waals surface area (Å²) in [5.74, 6) is -1.31. The van der Waals surface area contributed by atoms with Crippen LogP contribution in [0.25, 0.3) is 16.9 Å². The van der Waals surface area contributed by atoms with Crippen LogP contribution in [0, 0.1) is 5.41 Å². The molecule has 0 bridgehead atoms. The molecule has 5 heterocycles. The van der Waals surface area contributed by atoms with Crippen molar-refractivity contribution in [2.45, 2.75) is 77.9 Å². The molecule has 7 rings (SSSR count). The zero-order chi connectivity index (χ0) is 38.2. The van der Waals surface area contributed by atoms with Crippen molar-refractivity contribution in [1.29, 1.82) is 0 Å². The third-order valence-corrected chi connectivity index (χ3v) is 9.07. The third-order valence-electron chi connectivity index (χ3n) is 9.07. The Hall–Kier alpha value is -5.66. The maximum absolute atomic E-state index is 13.5. The second kappa shape index (κ2) is 14.6. The van der Waals surface area contributed by atoms with Gasteiger partial charge in [-0.05, 0) is 81.5 Å². The van der Waals surface area contributed by atoms with E-state index in [0.717, 1.165) is 44.0 Å². The normalized spacial score (nSPS) is 15.8. The zero-order valence-corrected chi connectivity index (χ0v) is 29.5. The topological polar surface area (TPSA) is 169 Å². The first kappa shape index (κ1) is 36.7. The number of hydrogen-bond acceptors (Lipinski definition) is 12. The molecule has 1 aromatic carbocycles. The average molecular weight is 756 g/mol. The predicted molar refractivity (Wildman–Crippen MR) is 181 cm³/mol. The molecule has 1 amide bonds. The lowest BCUT2D eigenvalue weighted by Crippen LogP contribution is -2.49. The van der Waals surface area contributed by atoms with Crippen LogP contribution in [-0.2, 0) is 16.1 Å². The number of halogens is 4. The van der Waals surface area contributed by atoms with Gasteiger partial charge in [0.15, 0.2) is 11.5 Å². The molecular formula is C34H37F4N11O5. The number of carbonyl (C=O) groups excluding carboxylic acids is 2. The van der Waals surface area contributed by atoms with E-state index in [1.54, 1.807) is 12.3 Å². The fourth-order valence-corrected chi connectivity index (χ4v) is 6.30. The summed E-state index contributed by atoms with van der Waals surface area (Å²) in [6.07, 6.45) is 9.13. The van der Waals surface area contributed by atoms with Crippen molar-refractivity contribution in [3.63, 3.8) is 0 Å². The highest BCUT2D eigenvalue weighted by atomic mass is 19.3. The number of fused-ring (bicyclic) bond motifs is 1. The molecule has 1 saturated heterocycles. The van der Waals surface area contributed by atoms with Crippen molar-refractivity contribution in [2.24, 2.45) is 5.41 Å². The van der Waals surface area contributed by atoms with Gasteiger partial charge in [0.25, 0.3) is 5.91 Å². The maximum Gasteiger partial charge on any atom is 0.387 e. The second-order valence-electron chi connectivity index (χ2n) is 14.4. The van der Waals surface area contributed by atoms with E-state index >= 15 is 0 Å². The quantitative estimate of drug-likeness (QED) is 0.114. The number of ether oxygens (including phenoxy) is 3. The van der Waals surface area contributed by atoms with Crippen LogP contribution >= 0.6 is 0 Å². The molecule has 20 heteroatoms. The number of aromatic nitrogens is 9. The number of hydrogen-bond donors (Lipinski definition) is 1. The molecule has 54 heavy (non-hydrogen) atoms. The maximum atomic E-state index is 13.5. The van der Waals surface area contributed by atoms with Gasteiger partial charge in [0, 0.05) is 31.7 Å². The van der Waals surface area contributed by atoms with Gasteiger partial charge in [-0.2, -0.15) is 32.6 Å². The van der Waals surface area contributed by atoms with Crippen LogP contribution in [0.4, 0.5) is 23.2 Å². The van der Waals surface area contributed by atoms with Gasteiger partial charge < -0.3 is 19.5 Å². The van der Waals surface area contributed by atoms with Crippen LogP contribution in [0.15, 0.2) is 49.1 Å². The molecule has 0 spiro atoms. The lowest BCUT2D eigenvalue weighted by Gasteiger charge is -2.38. The molecule has 1 N–H and O–H groups in total. The first-order valence-electron chi connectivity index (χ1n) is 17.2. The number of anilines is 1. The van der Waals surface area contributed by atoms with E-state index in [1.807, 2.05) is 20.8 Å². The van der Waals surface area contributed by atoms with Gasteiger partial charge in [0.1, 0.15) is 34.9 Å². The Labute approximate surface area is 305 Å². The molecule has 0 unspecified atom stereocenters. The van der Waals surface area contributed by atoms with E-state index < -0.39 is 30.5 Å². The van der Waals surface area contributed by atoms with E-state index in [9.17, 15) is 27.2 Å². The minimum Gasteiger partial charge on any atom is -0.460 e. The number of alkyl halides is 4. The third kappa shape index (κ3) is 8.58. The minimum absolute atomic E-state index is 0.000354. The van der Waals surface area contributed by atoms with Crippen molar-refractivity contribution < 1.29 is 41.4 Å². The predicted octanol–water partition coefficient (Wildman–Crippen LogP) is 4.84. The Kier molecular flexibility index (Phi) is 9.94. The van der Waals surface area contributed by atoms with Crippen molar-refractivity contribution in [2.75, 3.05) is 25.0 Å². The summed E-state index contributed by atoms with van der Waals surface area (Å²) in [5, 5.41) is 24.2. The number of esters is 1. The molecular weight excluding hydrogens is 718 g/mol. The lowest BCUT2D eigenvalue weighted by molar-refractivity contribution is -0.156. The highest BCUT2D eigenvalue weighted by Gasteiger charge is 2.45.